The molecule has 0 amide bonds. The summed E-state index contributed by atoms with van der Waals surface area (Å²) in [5.74, 6) is 1.64. The van der Waals surface area contributed by atoms with E-state index in [1.54, 1.807) is 0 Å². The van der Waals surface area contributed by atoms with Gasteiger partial charge in [-0.15, -0.1) is 0 Å². The van der Waals surface area contributed by atoms with Crippen molar-refractivity contribution in [1.29, 1.82) is 0 Å². The largest absolute Gasteiger partial charge is 0.462 e. The quantitative estimate of drug-likeness (QED) is 0.0346. The summed E-state index contributed by atoms with van der Waals surface area (Å²) in [5.41, 5.74) is 0. The van der Waals surface area contributed by atoms with Crippen molar-refractivity contribution in [3.8, 4) is 0 Å². The van der Waals surface area contributed by atoms with E-state index in [4.69, 9.17) is 14.2 Å². The number of carbonyl (C=O) groups excluding carboxylic acids is 3. The maximum Gasteiger partial charge on any atom is 0.306 e. The number of carbonyl (C=O) groups is 3. The molecule has 1 unspecified atom stereocenters. The molecule has 0 saturated carbocycles. The molecule has 0 N–H and O–H groups in total. The second-order valence-corrected chi connectivity index (χ2v) is 19.0. The van der Waals surface area contributed by atoms with E-state index in [2.05, 4.69) is 41.5 Å². The average molecular weight is 821 g/mol. The maximum absolute atomic E-state index is 12.8. The molecule has 0 rings (SSSR count). The van der Waals surface area contributed by atoms with Crippen molar-refractivity contribution in [1.82, 2.24) is 0 Å². The lowest BCUT2D eigenvalue weighted by molar-refractivity contribution is -0.167. The standard InChI is InChI=1S/C52H100O6/c1-7-48(6)40-34-28-22-18-19-25-31-37-43-52(55)58-49(45-57-51(54)42-36-30-24-17-13-12-15-21-27-33-39-47(4)5)44-56-50(53)41-35-29-23-16-11-9-8-10-14-20-26-32-38-46(2)3/h46-49H,7-45H2,1-6H3/t48?,49-/m0/s1. The minimum Gasteiger partial charge on any atom is -0.462 e. The molecule has 0 bridgehead atoms. The second-order valence-electron chi connectivity index (χ2n) is 19.0. The third-order valence-corrected chi connectivity index (χ3v) is 12.0. The van der Waals surface area contributed by atoms with Crippen LogP contribution in [0.1, 0.15) is 279 Å². The van der Waals surface area contributed by atoms with Gasteiger partial charge in [0, 0.05) is 19.3 Å². The number of unbranched alkanes of at least 4 members (excludes halogenated alkanes) is 27. The molecule has 58 heavy (non-hydrogen) atoms. The molecule has 0 aromatic heterocycles. The Kier molecular flexibility index (Phi) is 42.3. The molecule has 0 saturated heterocycles. The van der Waals surface area contributed by atoms with Gasteiger partial charge in [0.2, 0.25) is 0 Å². The van der Waals surface area contributed by atoms with E-state index in [1.165, 1.54) is 161 Å². The number of ether oxygens (including phenoxy) is 3. The summed E-state index contributed by atoms with van der Waals surface area (Å²) in [4.78, 5) is 37.9. The van der Waals surface area contributed by atoms with Gasteiger partial charge in [-0.05, 0) is 37.0 Å². The molecule has 0 aliphatic heterocycles. The summed E-state index contributed by atoms with van der Waals surface area (Å²) in [6, 6.07) is 0. The summed E-state index contributed by atoms with van der Waals surface area (Å²) in [5, 5.41) is 0. The zero-order valence-electron chi connectivity index (χ0n) is 39.8. The summed E-state index contributed by atoms with van der Waals surface area (Å²) in [7, 11) is 0. The van der Waals surface area contributed by atoms with Crippen molar-refractivity contribution in [3.05, 3.63) is 0 Å². The highest BCUT2D eigenvalue weighted by Crippen LogP contribution is 2.18. The summed E-state index contributed by atoms with van der Waals surface area (Å²) >= 11 is 0. The summed E-state index contributed by atoms with van der Waals surface area (Å²) in [6.07, 6.45) is 42.3. The highest BCUT2D eigenvalue weighted by Gasteiger charge is 2.19. The van der Waals surface area contributed by atoms with E-state index in [0.717, 1.165) is 75.5 Å². The van der Waals surface area contributed by atoms with E-state index < -0.39 is 6.10 Å². The maximum atomic E-state index is 12.8. The van der Waals surface area contributed by atoms with Gasteiger partial charge in [0.05, 0.1) is 0 Å². The first-order valence-electron chi connectivity index (χ1n) is 25.6. The summed E-state index contributed by atoms with van der Waals surface area (Å²) < 4.78 is 16.8. The molecule has 0 aromatic carbocycles. The minimum atomic E-state index is -0.763. The zero-order valence-corrected chi connectivity index (χ0v) is 39.8. The third-order valence-electron chi connectivity index (χ3n) is 12.0. The Morgan fingerprint density at radius 2 is 0.603 bits per heavy atom. The Hall–Kier alpha value is -1.59. The number of rotatable bonds is 45. The van der Waals surface area contributed by atoms with E-state index in [1.807, 2.05) is 0 Å². The topological polar surface area (TPSA) is 78.9 Å². The molecule has 6 heteroatoms. The van der Waals surface area contributed by atoms with Crippen LogP contribution in [0, 0.1) is 17.8 Å². The molecule has 0 aliphatic rings. The molecule has 0 fully saturated rings. The van der Waals surface area contributed by atoms with Crippen LogP contribution in [0.4, 0.5) is 0 Å². The number of hydrogen-bond donors (Lipinski definition) is 0. The third kappa shape index (κ3) is 44.0. The monoisotopic (exact) mass is 821 g/mol. The Balaban J connectivity index is 4.33. The predicted molar refractivity (Wildman–Crippen MR) is 247 cm³/mol. The summed E-state index contributed by atoms with van der Waals surface area (Å²) in [6.45, 7) is 13.7. The molecule has 0 heterocycles. The lowest BCUT2D eigenvalue weighted by Crippen LogP contribution is -2.30. The molecular weight excluding hydrogens is 721 g/mol. The van der Waals surface area contributed by atoms with Gasteiger partial charge >= 0.3 is 17.9 Å². The lowest BCUT2D eigenvalue weighted by Gasteiger charge is -2.18. The van der Waals surface area contributed by atoms with Crippen molar-refractivity contribution in [2.75, 3.05) is 13.2 Å². The van der Waals surface area contributed by atoms with Crippen molar-refractivity contribution in [2.24, 2.45) is 17.8 Å². The van der Waals surface area contributed by atoms with Crippen LogP contribution in [0.5, 0.6) is 0 Å². The van der Waals surface area contributed by atoms with Crippen LogP contribution >= 0.6 is 0 Å². The fraction of sp³-hybridized carbons (Fsp3) is 0.942. The Morgan fingerprint density at radius 1 is 0.345 bits per heavy atom. The van der Waals surface area contributed by atoms with E-state index in [9.17, 15) is 14.4 Å². The predicted octanol–water partition coefficient (Wildman–Crippen LogP) is 16.4. The number of esters is 3. The fourth-order valence-corrected chi connectivity index (χ4v) is 7.73. The highest BCUT2D eigenvalue weighted by atomic mass is 16.6. The van der Waals surface area contributed by atoms with Crippen molar-refractivity contribution >= 4 is 17.9 Å². The Morgan fingerprint density at radius 3 is 0.897 bits per heavy atom. The van der Waals surface area contributed by atoms with Crippen LogP contribution in [0.2, 0.25) is 0 Å². The molecule has 0 aromatic rings. The van der Waals surface area contributed by atoms with Crippen LogP contribution in [-0.2, 0) is 28.6 Å². The van der Waals surface area contributed by atoms with Gasteiger partial charge in [-0.1, -0.05) is 241 Å². The SMILES string of the molecule is CCC(C)CCCCCCCCCCC(=O)O[C@@H](COC(=O)CCCCCCCCCCCCCCC(C)C)COC(=O)CCCCCCCCCCCCC(C)C. The van der Waals surface area contributed by atoms with Crippen molar-refractivity contribution < 1.29 is 28.6 Å². The zero-order chi connectivity index (χ0) is 42.7. The molecule has 344 valence electrons. The van der Waals surface area contributed by atoms with Gasteiger partial charge in [-0.25, -0.2) is 0 Å². The van der Waals surface area contributed by atoms with Gasteiger partial charge in [-0.2, -0.15) is 0 Å². The second kappa shape index (κ2) is 43.5. The lowest BCUT2D eigenvalue weighted by atomic mass is 9.99. The molecule has 2 atom stereocenters. The minimum absolute atomic E-state index is 0.0651. The molecular formula is C52H100O6. The van der Waals surface area contributed by atoms with E-state index in [-0.39, 0.29) is 31.1 Å². The van der Waals surface area contributed by atoms with Crippen LogP contribution in [0.3, 0.4) is 0 Å². The number of hydrogen-bond acceptors (Lipinski definition) is 6. The van der Waals surface area contributed by atoms with Crippen LogP contribution < -0.4 is 0 Å². The van der Waals surface area contributed by atoms with Crippen molar-refractivity contribution in [3.63, 3.8) is 0 Å². The van der Waals surface area contributed by atoms with Crippen molar-refractivity contribution in [2.45, 2.75) is 285 Å². The van der Waals surface area contributed by atoms with Gasteiger partial charge in [0.1, 0.15) is 13.2 Å². The van der Waals surface area contributed by atoms with E-state index >= 15 is 0 Å². The van der Waals surface area contributed by atoms with Gasteiger partial charge in [0.15, 0.2) is 6.10 Å². The first-order valence-corrected chi connectivity index (χ1v) is 25.6. The van der Waals surface area contributed by atoms with Gasteiger partial charge in [0.25, 0.3) is 0 Å². The van der Waals surface area contributed by atoms with Crippen LogP contribution in [-0.4, -0.2) is 37.2 Å². The fourth-order valence-electron chi connectivity index (χ4n) is 7.73. The first-order chi connectivity index (χ1) is 28.1. The van der Waals surface area contributed by atoms with Gasteiger partial charge < -0.3 is 14.2 Å². The Labute approximate surface area is 361 Å². The molecule has 0 aliphatic carbocycles. The van der Waals surface area contributed by atoms with Gasteiger partial charge in [-0.3, -0.25) is 14.4 Å². The first kappa shape index (κ1) is 56.4. The highest BCUT2D eigenvalue weighted by molar-refractivity contribution is 5.71. The molecule has 0 spiro atoms. The van der Waals surface area contributed by atoms with E-state index in [0.29, 0.717) is 19.3 Å². The molecule has 0 radical (unpaired) electrons. The van der Waals surface area contributed by atoms with Crippen LogP contribution in [0.15, 0.2) is 0 Å². The normalized spacial score (nSPS) is 12.6. The smallest absolute Gasteiger partial charge is 0.306 e. The van der Waals surface area contributed by atoms with Crippen LogP contribution in [0.25, 0.3) is 0 Å². The average Bonchev–Trinajstić information content (AvgIpc) is 3.19. The molecule has 6 nitrogen and oxygen atoms in total. The Bertz CT molecular complexity index is 900.